The minimum absolute atomic E-state index is 0.333. The van der Waals surface area contributed by atoms with E-state index in [-0.39, 0.29) is 6.10 Å². The minimum atomic E-state index is -0.333. The van der Waals surface area contributed by atoms with E-state index < -0.39 is 0 Å². The summed E-state index contributed by atoms with van der Waals surface area (Å²) < 4.78 is 5.03. The molecule has 1 N–H and O–H groups in total. The predicted octanol–water partition coefficient (Wildman–Crippen LogP) is 1.35. The third kappa shape index (κ3) is 3.04. The standard InChI is InChI=1S/C9H16O2/c1-7(10)5-9(6-11-2)8-3-4-8/h5,7-8,10H,3-4,6H2,1-2H3. The molecular weight excluding hydrogens is 140 g/mol. The second-order valence-electron chi connectivity index (χ2n) is 3.19. The van der Waals surface area contributed by atoms with Gasteiger partial charge in [-0.3, -0.25) is 0 Å². The molecule has 64 valence electrons. The summed E-state index contributed by atoms with van der Waals surface area (Å²) in [4.78, 5) is 0. The SMILES string of the molecule is COCC(=CC(C)O)C1CC1. The summed E-state index contributed by atoms with van der Waals surface area (Å²) in [5, 5.41) is 9.09. The summed E-state index contributed by atoms with van der Waals surface area (Å²) in [6, 6.07) is 0. The molecule has 0 bridgehead atoms. The fourth-order valence-corrected chi connectivity index (χ4v) is 1.23. The summed E-state index contributed by atoms with van der Waals surface area (Å²) in [7, 11) is 1.69. The van der Waals surface area contributed by atoms with Gasteiger partial charge in [-0.05, 0) is 31.3 Å². The summed E-state index contributed by atoms with van der Waals surface area (Å²) in [6.07, 6.45) is 4.10. The first-order valence-electron chi connectivity index (χ1n) is 4.11. The van der Waals surface area contributed by atoms with Gasteiger partial charge in [0.25, 0.3) is 0 Å². The summed E-state index contributed by atoms with van der Waals surface area (Å²) in [6.45, 7) is 2.45. The zero-order valence-corrected chi connectivity index (χ0v) is 7.21. The van der Waals surface area contributed by atoms with Gasteiger partial charge in [-0.2, -0.15) is 0 Å². The Balaban J connectivity index is 2.43. The van der Waals surface area contributed by atoms with Crippen LogP contribution >= 0.6 is 0 Å². The molecule has 1 saturated carbocycles. The first kappa shape index (κ1) is 8.75. The van der Waals surface area contributed by atoms with Gasteiger partial charge < -0.3 is 9.84 Å². The first-order valence-corrected chi connectivity index (χ1v) is 4.11. The lowest BCUT2D eigenvalue weighted by molar-refractivity contribution is 0.213. The molecule has 0 spiro atoms. The van der Waals surface area contributed by atoms with Crippen molar-refractivity contribution in [2.45, 2.75) is 25.9 Å². The Morgan fingerprint density at radius 2 is 2.36 bits per heavy atom. The van der Waals surface area contributed by atoms with Gasteiger partial charge in [-0.25, -0.2) is 0 Å². The highest BCUT2D eigenvalue weighted by molar-refractivity contribution is 5.14. The van der Waals surface area contributed by atoms with Crippen molar-refractivity contribution in [1.29, 1.82) is 0 Å². The van der Waals surface area contributed by atoms with Crippen LogP contribution in [0, 0.1) is 5.92 Å². The van der Waals surface area contributed by atoms with Crippen LogP contribution in [0.25, 0.3) is 0 Å². The maximum Gasteiger partial charge on any atom is 0.0696 e. The third-order valence-electron chi connectivity index (χ3n) is 1.87. The molecule has 0 aromatic rings. The van der Waals surface area contributed by atoms with Crippen LogP contribution in [0.1, 0.15) is 19.8 Å². The van der Waals surface area contributed by atoms with Gasteiger partial charge in [0.15, 0.2) is 0 Å². The average molecular weight is 156 g/mol. The molecular formula is C9H16O2. The molecule has 1 atom stereocenters. The van der Waals surface area contributed by atoms with Crippen molar-refractivity contribution < 1.29 is 9.84 Å². The highest BCUT2D eigenvalue weighted by Gasteiger charge is 2.25. The average Bonchev–Trinajstić information content (AvgIpc) is 2.66. The molecule has 1 fully saturated rings. The topological polar surface area (TPSA) is 29.5 Å². The van der Waals surface area contributed by atoms with E-state index in [9.17, 15) is 0 Å². The van der Waals surface area contributed by atoms with E-state index in [1.165, 1.54) is 18.4 Å². The van der Waals surface area contributed by atoms with Gasteiger partial charge in [0.1, 0.15) is 0 Å². The molecule has 0 heterocycles. The molecule has 0 amide bonds. The van der Waals surface area contributed by atoms with Crippen molar-refractivity contribution >= 4 is 0 Å². The van der Waals surface area contributed by atoms with Crippen molar-refractivity contribution in [2.75, 3.05) is 13.7 Å². The Morgan fingerprint density at radius 1 is 1.73 bits per heavy atom. The molecule has 1 aliphatic rings. The van der Waals surface area contributed by atoms with E-state index in [4.69, 9.17) is 9.84 Å². The van der Waals surface area contributed by atoms with Crippen molar-refractivity contribution in [1.82, 2.24) is 0 Å². The van der Waals surface area contributed by atoms with Crippen molar-refractivity contribution in [2.24, 2.45) is 5.92 Å². The fourth-order valence-electron chi connectivity index (χ4n) is 1.23. The fraction of sp³-hybridized carbons (Fsp3) is 0.778. The summed E-state index contributed by atoms with van der Waals surface area (Å²) in [5.74, 6) is 0.699. The van der Waals surface area contributed by atoms with Gasteiger partial charge in [0.05, 0.1) is 12.7 Å². The van der Waals surface area contributed by atoms with E-state index in [2.05, 4.69) is 0 Å². The largest absolute Gasteiger partial charge is 0.389 e. The lowest BCUT2D eigenvalue weighted by Gasteiger charge is -2.05. The maximum absolute atomic E-state index is 9.09. The Kier molecular flexibility index (Phi) is 3.09. The number of ether oxygens (including phenoxy) is 1. The molecule has 0 aromatic carbocycles. The number of aliphatic hydroxyl groups is 1. The first-order chi connectivity index (χ1) is 5.24. The molecule has 1 unspecified atom stereocenters. The van der Waals surface area contributed by atoms with Crippen LogP contribution in [0.2, 0.25) is 0 Å². The highest BCUT2D eigenvalue weighted by atomic mass is 16.5. The highest BCUT2D eigenvalue weighted by Crippen LogP contribution is 2.36. The van der Waals surface area contributed by atoms with E-state index >= 15 is 0 Å². The van der Waals surface area contributed by atoms with Crippen LogP contribution in [0.5, 0.6) is 0 Å². The van der Waals surface area contributed by atoms with Crippen LogP contribution in [0.4, 0.5) is 0 Å². The number of methoxy groups -OCH3 is 1. The lowest BCUT2D eigenvalue weighted by atomic mass is 10.1. The smallest absolute Gasteiger partial charge is 0.0696 e. The number of aliphatic hydroxyl groups excluding tert-OH is 1. The summed E-state index contributed by atoms with van der Waals surface area (Å²) in [5.41, 5.74) is 1.27. The molecule has 0 radical (unpaired) electrons. The molecule has 11 heavy (non-hydrogen) atoms. The predicted molar refractivity (Wildman–Crippen MR) is 44.4 cm³/mol. The van der Waals surface area contributed by atoms with Crippen LogP contribution in [-0.4, -0.2) is 24.9 Å². The number of hydrogen-bond donors (Lipinski definition) is 1. The van der Waals surface area contributed by atoms with Gasteiger partial charge in [0.2, 0.25) is 0 Å². The van der Waals surface area contributed by atoms with Gasteiger partial charge >= 0.3 is 0 Å². The van der Waals surface area contributed by atoms with E-state index in [1.807, 2.05) is 6.08 Å². The lowest BCUT2D eigenvalue weighted by Crippen LogP contribution is -2.02. The second-order valence-corrected chi connectivity index (χ2v) is 3.19. The molecule has 2 nitrogen and oxygen atoms in total. The second kappa shape index (κ2) is 3.88. The quantitative estimate of drug-likeness (QED) is 0.622. The number of rotatable bonds is 4. The molecule has 2 heteroatoms. The monoisotopic (exact) mass is 156 g/mol. The van der Waals surface area contributed by atoms with E-state index in [0.29, 0.717) is 12.5 Å². The van der Waals surface area contributed by atoms with Crippen molar-refractivity contribution in [3.05, 3.63) is 11.6 Å². The molecule has 0 aromatic heterocycles. The zero-order valence-electron chi connectivity index (χ0n) is 7.21. The molecule has 0 aliphatic heterocycles. The third-order valence-corrected chi connectivity index (χ3v) is 1.87. The normalized spacial score (nSPS) is 21.9. The van der Waals surface area contributed by atoms with Crippen LogP contribution in [-0.2, 0) is 4.74 Å². The molecule has 1 aliphatic carbocycles. The van der Waals surface area contributed by atoms with Crippen molar-refractivity contribution in [3.8, 4) is 0 Å². The van der Waals surface area contributed by atoms with Crippen LogP contribution < -0.4 is 0 Å². The molecule has 0 saturated heterocycles. The molecule has 1 rings (SSSR count). The minimum Gasteiger partial charge on any atom is -0.389 e. The Morgan fingerprint density at radius 3 is 2.73 bits per heavy atom. The van der Waals surface area contributed by atoms with Gasteiger partial charge in [-0.15, -0.1) is 0 Å². The van der Waals surface area contributed by atoms with Gasteiger partial charge in [-0.1, -0.05) is 6.08 Å². The van der Waals surface area contributed by atoms with Crippen LogP contribution in [0.15, 0.2) is 11.6 Å². The Bertz CT molecular complexity index is 146. The van der Waals surface area contributed by atoms with Gasteiger partial charge in [0, 0.05) is 7.11 Å². The van der Waals surface area contributed by atoms with Crippen molar-refractivity contribution in [3.63, 3.8) is 0 Å². The zero-order chi connectivity index (χ0) is 8.27. The maximum atomic E-state index is 9.09. The Labute approximate surface area is 67.9 Å². The van der Waals surface area contributed by atoms with Crippen LogP contribution in [0.3, 0.4) is 0 Å². The number of hydrogen-bond acceptors (Lipinski definition) is 2. The Hall–Kier alpha value is -0.340. The van der Waals surface area contributed by atoms with E-state index in [1.54, 1.807) is 14.0 Å². The van der Waals surface area contributed by atoms with E-state index in [0.717, 1.165) is 0 Å². The summed E-state index contributed by atoms with van der Waals surface area (Å²) >= 11 is 0.